The first-order valence-electron chi connectivity index (χ1n) is 7.72. The Morgan fingerprint density at radius 3 is 2.57 bits per heavy atom. The maximum Gasteiger partial charge on any atom is 0.238 e. The summed E-state index contributed by atoms with van der Waals surface area (Å²) in [5.74, 6) is 1.44. The van der Waals surface area contributed by atoms with Crippen LogP contribution in [0.1, 0.15) is 0 Å². The third-order valence-corrected chi connectivity index (χ3v) is 3.57. The van der Waals surface area contributed by atoms with Crippen LogP contribution >= 0.6 is 0 Å². The molecule has 1 heterocycles. The molecule has 1 N–H and O–H groups in total. The minimum absolute atomic E-state index is 0.0243. The van der Waals surface area contributed by atoms with Crippen molar-refractivity contribution in [2.45, 2.75) is 0 Å². The molecule has 0 aromatic heterocycles. The quantitative estimate of drug-likeness (QED) is 0.922. The average molecular weight is 312 g/mol. The number of ether oxygens (including phenoxy) is 2. The second-order valence-electron chi connectivity index (χ2n) is 5.38. The Labute approximate surface area is 135 Å². The second-order valence-corrected chi connectivity index (χ2v) is 5.38. The van der Waals surface area contributed by atoms with Crippen molar-refractivity contribution < 1.29 is 14.3 Å². The molecule has 3 rings (SSSR count). The summed E-state index contributed by atoms with van der Waals surface area (Å²) in [6, 6.07) is 17.0. The van der Waals surface area contributed by atoms with E-state index in [-0.39, 0.29) is 5.91 Å². The monoisotopic (exact) mass is 312 g/mol. The Morgan fingerprint density at radius 2 is 1.78 bits per heavy atom. The Hall–Kier alpha value is -2.37. The number of para-hydroxylation sites is 1. The fourth-order valence-electron chi connectivity index (χ4n) is 2.42. The molecule has 1 saturated heterocycles. The number of hydrogen-bond acceptors (Lipinski definition) is 4. The van der Waals surface area contributed by atoms with Crippen molar-refractivity contribution >= 4 is 11.6 Å². The molecule has 23 heavy (non-hydrogen) atoms. The molecule has 1 aliphatic heterocycles. The smallest absolute Gasteiger partial charge is 0.238 e. The molecule has 2 aromatic carbocycles. The molecule has 0 unspecified atom stereocenters. The molecule has 5 heteroatoms. The summed E-state index contributed by atoms with van der Waals surface area (Å²) in [6.07, 6.45) is 0. The van der Waals surface area contributed by atoms with Crippen molar-refractivity contribution in [2.75, 3.05) is 38.2 Å². The van der Waals surface area contributed by atoms with Crippen molar-refractivity contribution in [3.63, 3.8) is 0 Å². The van der Waals surface area contributed by atoms with Gasteiger partial charge in [0, 0.05) is 24.8 Å². The number of carbonyl (C=O) groups excluding carboxylic acids is 1. The molecule has 0 saturated carbocycles. The number of morpholine rings is 1. The van der Waals surface area contributed by atoms with E-state index in [1.807, 2.05) is 54.6 Å². The summed E-state index contributed by atoms with van der Waals surface area (Å²) >= 11 is 0. The third-order valence-electron chi connectivity index (χ3n) is 3.57. The molecule has 1 aliphatic rings. The van der Waals surface area contributed by atoms with Crippen LogP contribution in [0.25, 0.3) is 0 Å². The summed E-state index contributed by atoms with van der Waals surface area (Å²) in [5.41, 5.74) is 0.733. The van der Waals surface area contributed by atoms with Gasteiger partial charge in [-0.25, -0.2) is 0 Å². The number of amides is 1. The molecular formula is C18H20N2O3. The molecule has 0 atom stereocenters. The maximum atomic E-state index is 12.1. The van der Waals surface area contributed by atoms with E-state index in [9.17, 15) is 4.79 Å². The Kier molecular flexibility index (Phi) is 5.24. The number of benzene rings is 2. The van der Waals surface area contributed by atoms with Gasteiger partial charge in [0.15, 0.2) is 0 Å². The molecule has 2 aromatic rings. The van der Waals surface area contributed by atoms with Gasteiger partial charge in [0.05, 0.1) is 19.8 Å². The first-order chi connectivity index (χ1) is 11.3. The molecule has 120 valence electrons. The summed E-state index contributed by atoms with van der Waals surface area (Å²) in [4.78, 5) is 14.2. The van der Waals surface area contributed by atoms with Crippen LogP contribution in [0.3, 0.4) is 0 Å². The fourth-order valence-corrected chi connectivity index (χ4v) is 2.42. The predicted octanol–water partition coefficient (Wildman–Crippen LogP) is 2.75. The lowest BCUT2D eigenvalue weighted by Crippen LogP contribution is -2.41. The molecule has 1 amide bonds. The molecule has 0 bridgehead atoms. The van der Waals surface area contributed by atoms with Crippen LogP contribution < -0.4 is 10.1 Å². The van der Waals surface area contributed by atoms with Gasteiger partial charge in [-0.3, -0.25) is 9.69 Å². The first-order valence-corrected chi connectivity index (χ1v) is 7.72. The van der Waals surface area contributed by atoms with Gasteiger partial charge in [0.2, 0.25) is 5.91 Å². The van der Waals surface area contributed by atoms with Gasteiger partial charge >= 0.3 is 0 Å². The number of nitrogens with zero attached hydrogens (tertiary/aromatic N) is 1. The third kappa shape index (κ3) is 4.81. The van der Waals surface area contributed by atoms with Gasteiger partial charge in [-0.1, -0.05) is 24.3 Å². The van der Waals surface area contributed by atoms with Crippen LogP contribution in [0.15, 0.2) is 54.6 Å². The highest BCUT2D eigenvalue weighted by Gasteiger charge is 2.14. The number of carbonyl (C=O) groups is 1. The molecular weight excluding hydrogens is 292 g/mol. The highest BCUT2D eigenvalue weighted by atomic mass is 16.5. The average Bonchev–Trinajstić information content (AvgIpc) is 2.57. The van der Waals surface area contributed by atoms with Crippen LogP contribution in [-0.2, 0) is 9.53 Å². The van der Waals surface area contributed by atoms with E-state index in [1.54, 1.807) is 0 Å². The fraction of sp³-hybridized carbons (Fsp3) is 0.278. The Balaban J connectivity index is 1.57. The molecule has 0 aliphatic carbocycles. The molecule has 5 nitrogen and oxygen atoms in total. The number of rotatable bonds is 5. The topological polar surface area (TPSA) is 50.8 Å². The second kappa shape index (κ2) is 7.76. The highest BCUT2D eigenvalue weighted by molar-refractivity contribution is 5.92. The molecule has 0 radical (unpaired) electrons. The van der Waals surface area contributed by atoms with E-state index >= 15 is 0 Å². The number of nitrogens with one attached hydrogen (secondary N) is 1. The summed E-state index contributed by atoms with van der Waals surface area (Å²) in [6.45, 7) is 3.35. The zero-order valence-corrected chi connectivity index (χ0v) is 12.9. The lowest BCUT2D eigenvalue weighted by Gasteiger charge is -2.25. The van der Waals surface area contributed by atoms with Gasteiger partial charge < -0.3 is 14.8 Å². The minimum Gasteiger partial charge on any atom is -0.457 e. The Bertz CT molecular complexity index is 640. The van der Waals surface area contributed by atoms with Crippen molar-refractivity contribution in [3.8, 4) is 11.5 Å². The normalized spacial score (nSPS) is 15.1. The number of anilines is 1. The van der Waals surface area contributed by atoms with Crippen molar-refractivity contribution in [3.05, 3.63) is 54.6 Å². The van der Waals surface area contributed by atoms with Crippen molar-refractivity contribution in [1.82, 2.24) is 4.90 Å². The van der Waals surface area contributed by atoms with E-state index in [1.165, 1.54) is 0 Å². The van der Waals surface area contributed by atoms with E-state index in [0.717, 1.165) is 24.5 Å². The van der Waals surface area contributed by atoms with Crippen LogP contribution in [0.2, 0.25) is 0 Å². The van der Waals surface area contributed by atoms with Crippen LogP contribution in [0, 0.1) is 0 Å². The predicted molar refractivity (Wildman–Crippen MR) is 88.8 cm³/mol. The summed E-state index contributed by atoms with van der Waals surface area (Å²) in [5, 5.41) is 2.91. The zero-order valence-electron chi connectivity index (χ0n) is 12.9. The van der Waals surface area contributed by atoms with E-state index in [4.69, 9.17) is 9.47 Å². The van der Waals surface area contributed by atoms with Crippen molar-refractivity contribution in [2.24, 2.45) is 0 Å². The highest BCUT2D eigenvalue weighted by Crippen LogP contribution is 2.23. The minimum atomic E-state index is -0.0243. The molecule has 1 fully saturated rings. The van der Waals surface area contributed by atoms with E-state index < -0.39 is 0 Å². The zero-order chi connectivity index (χ0) is 15.9. The van der Waals surface area contributed by atoms with Gasteiger partial charge in [-0.2, -0.15) is 0 Å². The standard InChI is InChI=1S/C18H20N2O3/c21-18(14-20-9-11-22-12-10-20)19-15-5-4-8-17(13-15)23-16-6-2-1-3-7-16/h1-8,13H,9-12,14H2,(H,19,21). The summed E-state index contributed by atoms with van der Waals surface area (Å²) in [7, 11) is 0. The van der Waals surface area contributed by atoms with Crippen molar-refractivity contribution in [1.29, 1.82) is 0 Å². The van der Waals surface area contributed by atoms with Crippen LogP contribution in [-0.4, -0.2) is 43.7 Å². The Morgan fingerprint density at radius 1 is 1.04 bits per heavy atom. The van der Waals surface area contributed by atoms with Gasteiger partial charge in [-0.15, -0.1) is 0 Å². The van der Waals surface area contributed by atoms with E-state index in [2.05, 4.69) is 10.2 Å². The van der Waals surface area contributed by atoms with Gasteiger partial charge in [0.25, 0.3) is 0 Å². The lowest BCUT2D eigenvalue weighted by molar-refractivity contribution is -0.118. The SMILES string of the molecule is O=C(CN1CCOCC1)Nc1cccc(Oc2ccccc2)c1. The van der Waals surface area contributed by atoms with Crippen LogP contribution in [0.5, 0.6) is 11.5 Å². The maximum absolute atomic E-state index is 12.1. The lowest BCUT2D eigenvalue weighted by atomic mass is 10.3. The first kappa shape index (κ1) is 15.5. The summed E-state index contributed by atoms with van der Waals surface area (Å²) < 4.78 is 11.1. The number of hydrogen-bond donors (Lipinski definition) is 1. The van der Waals surface area contributed by atoms with Crippen LogP contribution in [0.4, 0.5) is 5.69 Å². The van der Waals surface area contributed by atoms with Gasteiger partial charge in [-0.05, 0) is 24.3 Å². The van der Waals surface area contributed by atoms with E-state index in [0.29, 0.717) is 25.5 Å². The molecule has 0 spiro atoms. The van der Waals surface area contributed by atoms with Gasteiger partial charge in [0.1, 0.15) is 11.5 Å². The largest absolute Gasteiger partial charge is 0.457 e.